The van der Waals surface area contributed by atoms with Gasteiger partial charge in [-0.2, -0.15) is 0 Å². The number of carboxylic acid groups (broad SMARTS) is 1. The lowest BCUT2D eigenvalue weighted by Crippen LogP contribution is -2.27. The number of ether oxygens (including phenoxy) is 2. The molecule has 0 aromatic heterocycles. The van der Waals surface area contributed by atoms with Crippen molar-refractivity contribution < 1.29 is 19.4 Å². The van der Waals surface area contributed by atoms with Crippen LogP contribution in [-0.4, -0.2) is 35.9 Å². The summed E-state index contributed by atoms with van der Waals surface area (Å²) < 4.78 is 10.7. The van der Waals surface area contributed by atoms with Crippen LogP contribution in [0.15, 0.2) is 18.2 Å². The van der Waals surface area contributed by atoms with Crippen molar-refractivity contribution in [2.75, 3.05) is 19.9 Å². The number of unbranched alkanes of at least 4 members (excludes halogenated alkanes) is 2. The van der Waals surface area contributed by atoms with Crippen LogP contribution in [0.1, 0.15) is 38.2 Å². The van der Waals surface area contributed by atoms with Crippen molar-refractivity contribution >= 4 is 5.97 Å². The minimum Gasteiger partial charge on any atom is -0.481 e. The second-order valence-electron chi connectivity index (χ2n) is 5.31. The summed E-state index contributed by atoms with van der Waals surface area (Å²) in [5, 5.41) is 8.86. The highest BCUT2D eigenvalue weighted by atomic mass is 16.7. The molecule has 5 heteroatoms. The van der Waals surface area contributed by atoms with Gasteiger partial charge in [0.2, 0.25) is 6.79 Å². The van der Waals surface area contributed by atoms with Crippen LogP contribution >= 0.6 is 0 Å². The lowest BCUT2D eigenvalue weighted by atomic mass is 10.1. The van der Waals surface area contributed by atoms with Gasteiger partial charge in [-0.3, -0.25) is 9.69 Å². The van der Waals surface area contributed by atoms with Gasteiger partial charge >= 0.3 is 5.97 Å². The Morgan fingerprint density at radius 2 is 2.05 bits per heavy atom. The molecule has 0 bridgehead atoms. The number of hydrogen-bond donors (Lipinski definition) is 1. The number of aliphatic carboxylic acids is 1. The Balaban J connectivity index is 1.94. The lowest BCUT2D eigenvalue weighted by Gasteiger charge is -2.21. The van der Waals surface area contributed by atoms with Crippen LogP contribution in [0.5, 0.6) is 11.5 Å². The number of nitrogens with zero attached hydrogens (tertiary/aromatic N) is 1. The summed E-state index contributed by atoms with van der Waals surface area (Å²) in [5.41, 5.74) is 1.13. The predicted molar refractivity (Wildman–Crippen MR) is 79.6 cm³/mol. The number of carbonyl (C=O) groups is 1. The van der Waals surface area contributed by atoms with Gasteiger partial charge in [-0.1, -0.05) is 25.8 Å². The Morgan fingerprint density at radius 1 is 1.24 bits per heavy atom. The van der Waals surface area contributed by atoms with E-state index in [9.17, 15) is 4.79 Å². The van der Waals surface area contributed by atoms with Gasteiger partial charge in [-0.25, -0.2) is 0 Å². The topological polar surface area (TPSA) is 59.0 Å². The summed E-state index contributed by atoms with van der Waals surface area (Å²) in [6.45, 7) is 4.69. The zero-order valence-corrected chi connectivity index (χ0v) is 12.5. The molecule has 1 aromatic carbocycles. The number of hydrogen-bond acceptors (Lipinski definition) is 4. The lowest BCUT2D eigenvalue weighted by molar-refractivity contribution is -0.137. The highest BCUT2D eigenvalue weighted by molar-refractivity contribution is 5.66. The minimum absolute atomic E-state index is 0.177. The van der Waals surface area contributed by atoms with E-state index in [0.717, 1.165) is 43.0 Å². The molecule has 2 rings (SSSR count). The Labute approximate surface area is 125 Å². The summed E-state index contributed by atoms with van der Waals surface area (Å²) in [7, 11) is 0. The third kappa shape index (κ3) is 4.93. The average Bonchev–Trinajstić information content (AvgIpc) is 2.92. The number of carboxylic acids is 1. The smallest absolute Gasteiger partial charge is 0.304 e. The standard InChI is InChI=1S/C16H23NO4/c1-2-3-4-8-17(9-7-16(18)19)11-13-5-6-14-15(10-13)21-12-20-14/h5-6,10H,2-4,7-9,11-12H2,1H3,(H,18,19). The highest BCUT2D eigenvalue weighted by Crippen LogP contribution is 2.32. The van der Waals surface area contributed by atoms with E-state index in [1.807, 2.05) is 18.2 Å². The van der Waals surface area contributed by atoms with Gasteiger partial charge in [0, 0.05) is 13.1 Å². The normalized spacial score (nSPS) is 12.9. The molecule has 116 valence electrons. The van der Waals surface area contributed by atoms with E-state index in [1.54, 1.807) is 0 Å². The van der Waals surface area contributed by atoms with Gasteiger partial charge < -0.3 is 14.6 Å². The van der Waals surface area contributed by atoms with E-state index in [2.05, 4.69) is 11.8 Å². The van der Waals surface area contributed by atoms with Gasteiger partial charge in [-0.15, -0.1) is 0 Å². The molecule has 0 unspecified atom stereocenters. The second kappa shape index (κ2) is 7.88. The zero-order chi connectivity index (χ0) is 15.1. The molecule has 0 radical (unpaired) electrons. The molecule has 1 aliphatic rings. The van der Waals surface area contributed by atoms with Crippen molar-refractivity contribution in [1.29, 1.82) is 0 Å². The Hall–Kier alpha value is -1.75. The van der Waals surface area contributed by atoms with Gasteiger partial charge in [0.05, 0.1) is 6.42 Å². The molecule has 1 aliphatic heterocycles. The maximum Gasteiger partial charge on any atom is 0.304 e. The predicted octanol–water partition coefficient (Wildman–Crippen LogP) is 2.88. The zero-order valence-electron chi connectivity index (χ0n) is 12.5. The molecule has 1 aromatic rings. The van der Waals surface area contributed by atoms with Crippen LogP contribution in [0.25, 0.3) is 0 Å². The minimum atomic E-state index is -0.749. The number of rotatable bonds is 9. The maximum atomic E-state index is 10.8. The molecule has 0 atom stereocenters. The monoisotopic (exact) mass is 293 g/mol. The molecule has 21 heavy (non-hydrogen) atoms. The van der Waals surface area contributed by atoms with Crippen molar-refractivity contribution in [2.45, 2.75) is 39.2 Å². The highest BCUT2D eigenvalue weighted by Gasteiger charge is 2.15. The van der Waals surface area contributed by atoms with E-state index in [4.69, 9.17) is 14.6 Å². The summed E-state index contributed by atoms with van der Waals surface area (Å²) in [4.78, 5) is 13.0. The molecule has 0 saturated carbocycles. The van der Waals surface area contributed by atoms with Crippen LogP contribution < -0.4 is 9.47 Å². The van der Waals surface area contributed by atoms with Crippen LogP contribution in [0.2, 0.25) is 0 Å². The van der Waals surface area contributed by atoms with Crippen LogP contribution in [0, 0.1) is 0 Å². The van der Waals surface area contributed by atoms with Crippen LogP contribution in [0.3, 0.4) is 0 Å². The first kappa shape index (κ1) is 15.6. The van der Waals surface area contributed by atoms with Crippen molar-refractivity contribution in [3.05, 3.63) is 23.8 Å². The number of fused-ring (bicyclic) bond motifs is 1. The van der Waals surface area contributed by atoms with Gasteiger partial charge in [0.25, 0.3) is 0 Å². The summed E-state index contributed by atoms with van der Waals surface area (Å²) >= 11 is 0. The van der Waals surface area contributed by atoms with E-state index < -0.39 is 5.97 Å². The molecular weight excluding hydrogens is 270 g/mol. The van der Waals surface area contributed by atoms with Crippen LogP contribution in [-0.2, 0) is 11.3 Å². The van der Waals surface area contributed by atoms with Crippen molar-refractivity contribution in [3.8, 4) is 11.5 Å². The Morgan fingerprint density at radius 3 is 2.81 bits per heavy atom. The van der Waals surface area contributed by atoms with Gasteiger partial charge in [0.1, 0.15) is 0 Å². The first-order valence-corrected chi connectivity index (χ1v) is 7.51. The Bertz CT molecular complexity index is 475. The maximum absolute atomic E-state index is 10.8. The molecule has 5 nitrogen and oxygen atoms in total. The fourth-order valence-corrected chi connectivity index (χ4v) is 2.41. The first-order chi connectivity index (χ1) is 10.2. The van der Waals surface area contributed by atoms with E-state index in [1.165, 1.54) is 6.42 Å². The fourth-order valence-electron chi connectivity index (χ4n) is 2.41. The average molecular weight is 293 g/mol. The van der Waals surface area contributed by atoms with Crippen LogP contribution in [0.4, 0.5) is 0 Å². The van der Waals surface area contributed by atoms with Crippen molar-refractivity contribution in [3.63, 3.8) is 0 Å². The fraction of sp³-hybridized carbons (Fsp3) is 0.562. The molecule has 0 aliphatic carbocycles. The van der Waals surface area contributed by atoms with E-state index in [-0.39, 0.29) is 13.2 Å². The quantitative estimate of drug-likeness (QED) is 0.709. The summed E-state index contributed by atoms with van der Waals surface area (Å²) in [6.07, 6.45) is 3.61. The SMILES string of the molecule is CCCCCN(CCC(=O)O)Cc1ccc2c(c1)OCO2. The molecule has 0 spiro atoms. The largest absolute Gasteiger partial charge is 0.481 e. The van der Waals surface area contributed by atoms with E-state index in [0.29, 0.717) is 6.54 Å². The third-order valence-electron chi connectivity index (χ3n) is 3.56. The molecular formula is C16H23NO4. The third-order valence-corrected chi connectivity index (χ3v) is 3.56. The van der Waals surface area contributed by atoms with E-state index >= 15 is 0 Å². The van der Waals surface area contributed by atoms with Crippen molar-refractivity contribution in [1.82, 2.24) is 4.90 Å². The molecule has 0 amide bonds. The summed E-state index contributed by atoms with van der Waals surface area (Å²) in [5.74, 6) is 0.808. The van der Waals surface area contributed by atoms with Gasteiger partial charge in [0.15, 0.2) is 11.5 Å². The first-order valence-electron chi connectivity index (χ1n) is 7.51. The molecule has 0 saturated heterocycles. The second-order valence-corrected chi connectivity index (χ2v) is 5.31. The molecule has 0 fully saturated rings. The van der Waals surface area contributed by atoms with Crippen molar-refractivity contribution in [2.24, 2.45) is 0 Å². The summed E-state index contributed by atoms with van der Waals surface area (Å²) in [6, 6.07) is 5.91. The number of benzene rings is 1. The van der Waals surface area contributed by atoms with Gasteiger partial charge in [-0.05, 0) is 30.7 Å². The Kier molecular flexibility index (Phi) is 5.87. The molecule has 1 N–H and O–H groups in total. The molecule has 1 heterocycles.